The number of carbonyl (C=O) groups is 5. The maximum atomic E-state index is 13.3. The van der Waals surface area contributed by atoms with E-state index in [4.69, 9.17) is 5.11 Å². The van der Waals surface area contributed by atoms with E-state index >= 15 is 0 Å². The first-order chi connectivity index (χ1) is 18.2. The Bertz CT molecular complexity index is 1220. The molecule has 1 saturated carbocycles. The molecule has 0 bridgehead atoms. The summed E-state index contributed by atoms with van der Waals surface area (Å²) in [6.07, 6.45) is 1.10. The zero-order valence-corrected chi connectivity index (χ0v) is 21.0. The largest absolute Gasteiger partial charge is 0.481 e. The highest BCUT2D eigenvalue weighted by Crippen LogP contribution is 2.39. The minimum absolute atomic E-state index is 0.0287. The van der Waals surface area contributed by atoms with Crippen LogP contribution in [0, 0.1) is 17.8 Å². The molecule has 38 heavy (non-hydrogen) atoms. The third kappa shape index (κ3) is 5.79. The molecule has 1 fully saturated rings. The van der Waals surface area contributed by atoms with Crippen molar-refractivity contribution in [1.82, 2.24) is 36.6 Å². The van der Waals surface area contributed by atoms with Gasteiger partial charge in [0.15, 0.2) is 5.82 Å². The molecule has 1 aromatic heterocycles. The number of amides is 4. The van der Waals surface area contributed by atoms with Gasteiger partial charge in [-0.15, -0.1) is 10.2 Å². The van der Waals surface area contributed by atoms with Gasteiger partial charge in [-0.25, -0.2) is 0 Å². The second-order valence-electron chi connectivity index (χ2n) is 9.53. The van der Waals surface area contributed by atoms with Crippen molar-refractivity contribution in [3.05, 3.63) is 35.7 Å². The predicted molar refractivity (Wildman–Crippen MR) is 131 cm³/mol. The molecular formula is C24H30N8O6. The van der Waals surface area contributed by atoms with E-state index < -0.39 is 60.1 Å². The number of H-pyrrole nitrogens is 1. The molecule has 4 amide bonds. The molecule has 14 nitrogen and oxygen atoms in total. The lowest BCUT2D eigenvalue weighted by Crippen LogP contribution is -2.54. The summed E-state index contributed by atoms with van der Waals surface area (Å²) in [7, 11) is 0. The summed E-state index contributed by atoms with van der Waals surface area (Å²) in [4.78, 5) is 64.3. The molecular weight excluding hydrogens is 496 g/mol. The van der Waals surface area contributed by atoms with Crippen LogP contribution in [0.4, 0.5) is 5.69 Å². The molecule has 1 aliphatic carbocycles. The molecule has 5 N–H and O–H groups in total. The average Bonchev–Trinajstić information content (AvgIpc) is 3.37. The Balaban J connectivity index is 1.41. The number of aromatic amines is 1. The van der Waals surface area contributed by atoms with Gasteiger partial charge in [-0.3, -0.25) is 28.9 Å². The maximum Gasteiger partial charge on any atom is 0.307 e. The highest BCUT2D eigenvalue weighted by atomic mass is 16.4. The Labute approximate surface area is 217 Å². The van der Waals surface area contributed by atoms with Crippen LogP contribution in [-0.2, 0) is 36.9 Å². The summed E-state index contributed by atoms with van der Waals surface area (Å²) < 4.78 is 0. The fourth-order valence-corrected chi connectivity index (χ4v) is 4.52. The number of carbonyl (C=O) groups excluding carboxylic acids is 4. The molecule has 0 radical (unpaired) electrons. The fraction of sp³-hybridized carbons (Fsp3) is 0.500. The minimum atomic E-state index is -1.04. The number of benzene rings is 1. The van der Waals surface area contributed by atoms with Gasteiger partial charge in [0.05, 0.1) is 24.9 Å². The van der Waals surface area contributed by atoms with E-state index in [0.29, 0.717) is 18.5 Å². The van der Waals surface area contributed by atoms with Crippen LogP contribution in [0.3, 0.4) is 0 Å². The second kappa shape index (κ2) is 11.4. The van der Waals surface area contributed by atoms with E-state index in [1.807, 2.05) is 19.1 Å². The minimum Gasteiger partial charge on any atom is -0.481 e. The number of fused-ring (bicyclic) bond motifs is 1. The Morgan fingerprint density at radius 2 is 1.89 bits per heavy atom. The lowest BCUT2D eigenvalue weighted by molar-refractivity contribution is -0.140. The normalized spacial score (nSPS) is 21.1. The Kier molecular flexibility index (Phi) is 7.98. The molecule has 2 aliphatic rings. The number of hydrogen-bond acceptors (Lipinski definition) is 8. The van der Waals surface area contributed by atoms with Gasteiger partial charge in [-0.2, -0.15) is 5.21 Å². The van der Waals surface area contributed by atoms with E-state index in [9.17, 15) is 24.0 Å². The van der Waals surface area contributed by atoms with Gasteiger partial charge in [0.25, 0.3) is 0 Å². The summed E-state index contributed by atoms with van der Waals surface area (Å²) in [6, 6.07) is 5.37. The van der Waals surface area contributed by atoms with Crippen LogP contribution >= 0.6 is 0 Å². The summed E-state index contributed by atoms with van der Waals surface area (Å²) in [5.41, 5.74) is 1.39. The van der Waals surface area contributed by atoms with Crippen LogP contribution in [0.25, 0.3) is 0 Å². The first-order valence-corrected chi connectivity index (χ1v) is 12.4. The third-order valence-corrected chi connectivity index (χ3v) is 7.01. The van der Waals surface area contributed by atoms with E-state index in [1.165, 1.54) is 4.90 Å². The number of rotatable bonds is 11. The molecule has 2 heterocycles. The van der Waals surface area contributed by atoms with Crippen LogP contribution < -0.4 is 20.9 Å². The number of aliphatic carboxylic acids is 1. The van der Waals surface area contributed by atoms with Crippen molar-refractivity contribution >= 4 is 35.3 Å². The van der Waals surface area contributed by atoms with E-state index in [1.54, 1.807) is 19.1 Å². The number of carboxylic acid groups (broad SMARTS) is 1. The van der Waals surface area contributed by atoms with Gasteiger partial charge < -0.3 is 21.1 Å². The van der Waals surface area contributed by atoms with Crippen LogP contribution in [0.2, 0.25) is 0 Å². The van der Waals surface area contributed by atoms with Gasteiger partial charge in [-0.1, -0.05) is 43.7 Å². The summed E-state index contributed by atoms with van der Waals surface area (Å²) in [5, 5.41) is 30.4. The summed E-state index contributed by atoms with van der Waals surface area (Å²) >= 11 is 0. The third-order valence-electron chi connectivity index (χ3n) is 7.01. The molecule has 0 saturated heterocycles. The summed E-state index contributed by atoms with van der Waals surface area (Å²) in [6.45, 7) is 3.28. The van der Waals surface area contributed by atoms with Crippen molar-refractivity contribution < 1.29 is 29.1 Å². The van der Waals surface area contributed by atoms with Crippen molar-refractivity contribution in [2.75, 3.05) is 11.4 Å². The number of nitrogens with zero attached hydrogens (tertiary/aromatic N) is 4. The van der Waals surface area contributed by atoms with Crippen molar-refractivity contribution in [1.29, 1.82) is 0 Å². The van der Waals surface area contributed by atoms with E-state index in [-0.39, 0.29) is 24.7 Å². The number of carboxylic acids is 1. The monoisotopic (exact) mass is 526 g/mol. The zero-order valence-electron chi connectivity index (χ0n) is 21.0. The quantitative estimate of drug-likeness (QED) is 0.247. The molecule has 1 aliphatic heterocycles. The molecule has 5 atom stereocenters. The molecule has 14 heteroatoms. The van der Waals surface area contributed by atoms with Crippen LogP contribution in [0.1, 0.15) is 38.1 Å². The van der Waals surface area contributed by atoms with Crippen LogP contribution in [0.15, 0.2) is 24.3 Å². The molecule has 1 aromatic carbocycles. The zero-order chi connectivity index (χ0) is 27.4. The smallest absolute Gasteiger partial charge is 0.307 e. The first kappa shape index (κ1) is 26.7. The lowest BCUT2D eigenvalue weighted by Gasteiger charge is -2.27. The first-order valence-electron chi connectivity index (χ1n) is 12.4. The SMILES string of the molecule is CCC(C)C(NC(=O)[C@H]1C[C@H]1C(=O)O)C(=O)NCC(=O)N1c2ccccc2C[C@H]1C(=O)NCc1nn[nH]n1. The van der Waals surface area contributed by atoms with Crippen molar-refractivity contribution in [3.8, 4) is 0 Å². The molecule has 202 valence electrons. The number of tetrazole rings is 1. The molecule has 4 rings (SSSR count). The standard InChI is InChI=1S/C24H30N8O6/c1-3-12(2)20(27-21(34)14-9-15(14)24(37)38)23(36)26-11-19(33)32-16-7-5-4-6-13(16)8-17(32)22(35)25-10-18-28-30-31-29-18/h4-7,12,14-15,17,20H,3,8-11H2,1-2H3,(H,25,35)(H,26,36)(H,27,34)(H,37,38)(H,28,29,30,31)/t12?,14-,15+,17-,20?/m0/s1. The number of anilines is 1. The Morgan fingerprint density at radius 1 is 1.13 bits per heavy atom. The molecule has 2 unspecified atom stereocenters. The maximum absolute atomic E-state index is 13.3. The second-order valence-corrected chi connectivity index (χ2v) is 9.53. The van der Waals surface area contributed by atoms with Crippen molar-refractivity contribution in [2.24, 2.45) is 17.8 Å². The van der Waals surface area contributed by atoms with Gasteiger partial charge >= 0.3 is 5.97 Å². The number of nitrogens with one attached hydrogen (secondary N) is 4. The van der Waals surface area contributed by atoms with Crippen molar-refractivity contribution in [3.63, 3.8) is 0 Å². The molecule has 0 spiro atoms. The fourth-order valence-electron chi connectivity index (χ4n) is 4.52. The van der Waals surface area contributed by atoms with E-state index in [2.05, 4.69) is 36.6 Å². The van der Waals surface area contributed by atoms with Gasteiger partial charge in [0.2, 0.25) is 23.6 Å². The van der Waals surface area contributed by atoms with Gasteiger partial charge in [0.1, 0.15) is 12.1 Å². The Hall–Kier alpha value is -4.36. The highest BCUT2D eigenvalue weighted by Gasteiger charge is 2.49. The molecule has 2 aromatic rings. The average molecular weight is 527 g/mol. The number of para-hydroxylation sites is 1. The number of hydrogen-bond donors (Lipinski definition) is 5. The van der Waals surface area contributed by atoms with Crippen LogP contribution in [-0.4, -0.2) is 74.0 Å². The lowest BCUT2D eigenvalue weighted by atomic mass is 9.98. The number of aromatic nitrogens is 4. The summed E-state index contributed by atoms with van der Waals surface area (Å²) in [5.74, 6) is -4.36. The topological polar surface area (TPSA) is 199 Å². The van der Waals surface area contributed by atoms with Crippen molar-refractivity contribution in [2.45, 2.75) is 51.7 Å². The van der Waals surface area contributed by atoms with Gasteiger partial charge in [-0.05, 0) is 24.0 Å². The highest BCUT2D eigenvalue weighted by molar-refractivity contribution is 6.05. The van der Waals surface area contributed by atoms with Crippen LogP contribution in [0.5, 0.6) is 0 Å². The van der Waals surface area contributed by atoms with Gasteiger partial charge in [0, 0.05) is 12.1 Å². The Morgan fingerprint density at radius 3 is 2.55 bits per heavy atom. The predicted octanol–water partition coefficient (Wildman–Crippen LogP) is -0.858. The van der Waals surface area contributed by atoms with E-state index in [0.717, 1.165) is 5.56 Å².